The minimum Gasteiger partial charge on any atom is -0.481 e. The summed E-state index contributed by atoms with van der Waals surface area (Å²) in [6.45, 7) is 2.21. The van der Waals surface area contributed by atoms with E-state index >= 15 is 0 Å². The van der Waals surface area contributed by atoms with Crippen LogP contribution in [0, 0.1) is 0 Å². The number of carboxylic acid groups (broad SMARTS) is 1. The van der Waals surface area contributed by atoms with E-state index in [4.69, 9.17) is 9.52 Å². The largest absolute Gasteiger partial charge is 0.481 e. The van der Waals surface area contributed by atoms with Gasteiger partial charge >= 0.3 is 5.97 Å². The van der Waals surface area contributed by atoms with Crippen LogP contribution in [0.2, 0.25) is 0 Å². The molecule has 4 heterocycles. The van der Waals surface area contributed by atoms with Gasteiger partial charge < -0.3 is 14.4 Å². The van der Waals surface area contributed by atoms with Crippen molar-refractivity contribution >= 4 is 11.9 Å². The van der Waals surface area contributed by atoms with E-state index in [1.54, 1.807) is 27.9 Å². The molecule has 0 unspecified atom stereocenters. The molecule has 146 valence electrons. The van der Waals surface area contributed by atoms with Gasteiger partial charge in [-0.15, -0.1) is 0 Å². The predicted molar refractivity (Wildman–Crippen MR) is 97.6 cm³/mol. The van der Waals surface area contributed by atoms with Gasteiger partial charge in [0.2, 0.25) is 0 Å². The Labute approximate surface area is 161 Å². The van der Waals surface area contributed by atoms with Crippen molar-refractivity contribution in [2.24, 2.45) is 0 Å². The van der Waals surface area contributed by atoms with Crippen LogP contribution in [0.3, 0.4) is 0 Å². The van der Waals surface area contributed by atoms with E-state index in [2.05, 4.69) is 10.2 Å². The van der Waals surface area contributed by atoms with Crippen LogP contribution in [0.15, 0.2) is 41.1 Å². The zero-order chi connectivity index (χ0) is 19.5. The third kappa shape index (κ3) is 3.98. The lowest BCUT2D eigenvalue weighted by molar-refractivity contribution is -0.136. The van der Waals surface area contributed by atoms with Crippen molar-refractivity contribution in [2.75, 3.05) is 6.54 Å². The number of hydrogen-bond acceptors (Lipinski definition) is 5. The Balaban J connectivity index is 1.45. The fourth-order valence-electron chi connectivity index (χ4n) is 3.34. The van der Waals surface area contributed by atoms with Crippen molar-refractivity contribution in [3.63, 3.8) is 0 Å². The smallest absolute Gasteiger partial charge is 0.303 e. The van der Waals surface area contributed by atoms with Gasteiger partial charge in [-0.1, -0.05) is 0 Å². The van der Waals surface area contributed by atoms with Gasteiger partial charge in [-0.25, -0.2) is 0 Å². The Morgan fingerprint density at radius 2 is 2.14 bits per heavy atom. The molecular weight excluding hydrogens is 362 g/mol. The van der Waals surface area contributed by atoms with E-state index in [1.165, 1.54) is 0 Å². The van der Waals surface area contributed by atoms with Crippen LogP contribution in [0.25, 0.3) is 0 Å². The van der Waals surface area contributed by atoms with Gasteiger partial charge in [0, 0.05) is 31.9 Å². The van der Waals surface area contributed by atoms with Crippen LogP contribution in [-0.4, -0.2) is 48.0 Å². The molecule has 0 saturated carbocycles. The molecule has 0 atom stereocenters. The molecule has 0 bridgehead atoms. The number of carbonyl (C=O) groups excluding carboxylic acids is 1. The number of carboxylic acids is 1. The van der Waals surface area contributed by atoms with Crippen LogP contribution in [0.5, 0.6) is 0 Å². The molecule has 3 aromatic heterocycles. The number of carbonyl (C=O) groups is 2. The second-order valence-electron chi connectivity index (χ2n) is 6.79. The lowest BCUT2D eigenvalue weighted by Crippen LogP contribution is -2.30. The summed E-state index contributed by atoms with van der Waals surface area (Å²) in [5.41, 5.74) is 1.65. The summed E-state index contributed by atoms with van der Waals surface area (Å²) in [5.74, 6) is -0.0266. The summed E-state index contributed by atoms with van der Waals surface area (Å²) < 4.78 is 9.33. The van der Waals surface area contributed by atoms with Crippen LogP contribution >= 0.6 is 0 Å². The van der Waals surface area contributed by atoms with Crippen molar-refractivity contribution < 1.29 is 19.1 Å². The van der Waals surface area contributed by atoms with E-state index in [-0.39, 0.29) is 12.3 Å². The second-order valence-corrected chi connectivity index (χ2v) is 6.79. The number of aromatic nitrogens is 4. The minimum atomic E-state index is -0.844. The van der Waals surface area contributed by atoms with Gasteiger partial charge in [0.15, 0.2) is 5.76 Å². The molecule has 0 radical (unpaired) electrons. The van der Waals surface area contributed by atoms with Gasteiger partial charge in [0.25, 0.3) is 5.91 Å². The fraction of sp³-hybridized carbons (Fsp3) is 0.368. The summed E-state index contributed by atoms with van der Waals surface area (Å²) in [6, 6.07) is 7.21. The molecule has 9 nitrogen and oxygen atoms in total. The molecule has 0 spiro atoms. The molecule has 1 N–H and O–H groups in total. The van der Waals surface area contributed by atoms with Crippen LogP contribution < -0.4 is 0 Å². The molecular formula is C19H21N5O4. The van der Waals surface area contributed by atoms with Gasteiger partial charge in [0.1, 0.15) is 5.76 Å². The molecule has 0 aliphatic carbocycles. The van der Waals surface area contributed by atoms with Gasteiger partial charge in [-0.3, -0.25) is 19.0 Å². The average molecular weight is 383 g/mol. The molecule has 3 aromatic rings. The number of amides is 1. The number of aliphatic carboxylic acids is 1. The number of nitrogens with zero attached hydrogens (tertiary/aromatic N) is 5. The highest BCUT2D eigenvalue weighted by Gasteiger charge is 2.24. The summed E-state index contributed by atoms with van der Waals surface area (Å²) in [4.78, 5) is 25.4. The third-order valence-corrected chi connectivity index (χ3v) is 4.70. The number of rotatable bonds is 6. The highest BCUT2D eigenvalue weighted by Crippen LogP contribution is 2.18. The first-order chi connectivity index (χ1) is 13.6. The Kier molecular flexibility index (Phi) is 4.96. The molecule has 0 aromatic carbocycles. The Hall–Kier alpha value is -3.36. The Bertz CT molecular complexity index is 973. The van der Waals surface area contributed by atoms with E-state index < -0.39 is 5.97 Å². The van der Waals surface area contributed by atoms with Crippen LogP contribution in [-0.2, 0) is 30.8 Å². The summed E-state index contributed by atoms with van der Waals surface area (Å²) in [5, 5.41) is 17.5. The van der Waals surface area contributed by atoms with E-state index in [0.29, 0.717) is 44.1 Å². The number of furan rings is 1. The molecule has 1 aliphatic heterocycles. The van der Waals surface area contributed by atoms with Gasteiger partial charge in [0.05, 0.1) is 30.9 Å². The summed E-state index contributed by atoms with van der Waals surface area (Å²) >= 11 is 0. The standard InChI is InChI=1S/C19H21N5O4/c25-18(26)6-3-14-11-15-12-22(8-2-10-24(15)21-14)19(27)17-5-4-16(28-17)13-23-9-1-7-20-23/h1,4-5,7,9,11H,2-3,6,8,10,12-13H2,(H,25,26). The Morgan fingerprint density at radius 1 is 1.25 bits per heavy atom. The van der Waals surface area contributed by atoms with Crippen molar-refractivity contribution in [1.29, 1.82) is 0 Å². The quantitative estimate of drug-likeness (QED) is 0.695. The SMILES string of the molecule is O=C(O)CCc1cc2n(n1)CCCN(C(=O)c1ccc(Cn3cccn3)o1)C2. The molecule has 1 amide bonds. The molecule has 1 aliphatic rings. The van der Waals surface area contributed by atoms with Gasteiger partial charge in [-0.2, -0.15) is 10.2 Å². The molecule has 0 saturated heterocycles. The maximum absolute atomic E-state index is 12.9. The number of fused-ring (bicyclic) bond motifs is 1. The van der Waals surface area contributed by atoms with E-state index in [1.807, 2.05) is 23.0 Å². The van der Waals surface area contributed by atoms with Crippen molar-refractivity contribution in [3.05, 3.63) is 59.6 Å². The normalized spacial score (nSPS) is 13.9. The molecule has 4 rings (SSSR count). The Morgan fingerprint density at radius 3 is 2.93 bits per heavy atom. The number of hydrogen-bond donors (Lipinski definition) is 1. The zero-order valence-electron chi connectivity index (χ0n) is 15.3. The topological polar surface area (TPSA) is 106 Å². The first kappa shape index (κ1) is 18.0. The minimum absolute atomic E-state index is 0.0462. The van der Waals surface area contributed by atoms with Gasteiger partial charge in [-0.05, 0) is 30.7 Å². The molecule has 28 heavy (non-hydrogen) atoms. The van der Waals surface area contributed by atoms with E-state index in [0.717, 1.165) is 17.8 Å². The average Bonchev–Trinajstić information content (AvgIpc) is 3.40. The highest BCUT2D eigenvalue weighted by molar-refractivity contribution is 5.91. The lowest BCUT2D eigenvalue weighted by atomic mass is 10.2. The number of aryl methyl sites for hydroxylation is 2. The lowest BCUT2D eigenvalue weighted by Gasteiger charge is -2.18. The predicted octanol–water partition coefficient (Wildman–Crippen LogP) is 1.78. The molecule has 9 heteroatoms. The van der Waals surface area contributed by atoms with Crippen molar-refractivity contribution in [1.82, 2.24) is 24.5 Å². The maximum atomic E-state index is 12.9. The van der Waals surface area contributed by atoms with Crippen LogP contribution in [0.4, 0.5) is 0 Å². The van der Waals surface area contributed by atoms with Crippen molar-refractivity contribution in [3.8, 4) is 0 Å². The summed E-state index contributed by atoms with van der Waals surface area (Å²) in [6.07, 6.45) is 4.74. The first-order valence-electron chi connectivity index (χ1n) is 9.21. The van der Waals surface area contributed by atoms with E-state index in [9.17, 15) is 9.59 Å². The molecule has 0 fully saturated rings. The van der Waals surface area contributed by atoms with Crippen LogP contribution in [0.1, 0.15) is 40.5 Å². The highest BCUT2D eigenvalue weighted by atomic mass is 16.4. The fourth-order valence-corrected chi connectivity index (χ4v) is 3.34. The monoisotopic (exact) mass is 383 g/mol. The maximum Gasteiger partial charge on any atom is 0.303 e. The third-order valence-electron chi connectivity index (χ3n) is 4.70. The second kappa shape index (κ2) is 7.71. The van der Waals surface area contributed by atoms with Crippen molar-refractivity contribution in [2.45, 2.75) is 38.9 Å². The zero-order valence-corrected chi connectivity index (χ0v) is 15.3. The summed E-state index contributed by atoms with van der Waals surface area (Å²) in [7, 11) is 0. The first-order valence-corrected chi connectivity index (χ1v) is 9.21.